The Bertz CT molecular complexity index is 591. The van der Waals surface area contributed by atoms with Gasteiger partial charge in [-0.2, -0.15) is 11.8 Å². The predicted octanol–water partition coefficient (Wildman–Crippen LogP) is 4.17. The Morgan fingerprint density at radius 3 is 2.90 bits per heavy atom. The minimum atomic E-state index is 0.0621. The van der Waals surface area contributed by atoms with Gasteiger partial charge in [0.1, 0.15) is 5.82 Å². The van der Waals surface area contributed by atoms with Crippen molar-refractivity contribution in [2.24, 2.45) is 0 Å². The molecule has 1 aliphatic rings. The first kappa shape index (κ1) is 13.8. The number of hydrogen-bond acceptors (Lipinski definition) is 3. The van der Waals surface area contributed by atoms with Gasteiger partial charge in [-0.25, -0.2) is 4.98 Å². The number of anilines is 1. The molecule has 4 heteroatoms. The van der Waals surface area contributed by atoms with Crippen molar-refractivity contribution in [2.45, 2.75) is 45.1 Å². The molecule has 0 amide bonds. The minimum Gasteiger partial charge on any atom is -0.381 e. The second-order valence-electron chi connectivity index (χ2n) is 6.63. The molecule has 1 aromatic heterocycles. The lowest BCUT2D eigenvalue weighted by Gasteiger charge is -2.23. The summed E-state index contributed by atoms with van der Waals surface area (Å²) in [4.78, 5) is 8.14. The quantitative estimate of drug-likeness (QED) is 0.872. The molecule has 1 atom stereocenters. The highest BCUT2D eigenvalue weighted by Crippen LogP contribution is 2.26. The zero-order chi connectivity index (χ0) is 14.2. The Kier molecular flexibility index (Phi) is 3.67. The maximum absolute atomic E-state index is 4.68. The molecule has 1 unspecified atom stereocenters. The van der Waals surface area contributed by atoms with E-state index in [-0.39, 0.29) is 5.41 Å². The van der Waals surface area contributed by atoms with Gasteiger partial charge in [-0.3, -0.25) is 0 Å². The van der Waals surface area contributed by atoms with E-state index in [2.05, 4.69) is 66.0 Å². The van der Waals surface area contributed by atoms with Crippen LogP contribution in [0, 0.1) is 0 Å². The first-order chi connectivity index (χ1) is 9.52. The van der Waals surface area contributed by atoms with E-state index in [4.69, 9.17) is 0 Å². The zero-order valence-electron chi connectivity index (χ0n) is 12.5. The average Bonchev–Trinajstić information content (AvgIpc) is 2.83. The molecule has 2 aromatic rings. The third kappa shape index (κ3) is 2.95. The highest BCUT2D eigenvalue weighted by atomic mass is 32.2. The van der Waals surface area contributed by atoms with Crippen LogP contribution in [-0.4, -0.2) is 27.5 Å². The molecule has 0 saturated carbocycles. The van der Waals surface area contributed by atoms with Crippen molar-refractivity contribution in [3.8, 4) is 0 Å². The summed E-state index contributed by atoms with van der Waals surface area (Å²) >= 11 is 2.05. The van der Waals surface area contributed by atoms with Crippen LogP contribution in [0.4, 0.5) is 5.69 Å². The monoisotopic (exact) mass is 289 g/mol. The van der Waals surface area contributed by atoms with Crippen LogP contribution in [-0.2, 0) is 5.41 Å². The summed E-state index contributed by atoms with van der Waals surface area (Å²) < 4.78 is 0. The molecule has 0 spiro atoms. The number of aromatic amines is 1. The van der Waals surface area contributed by atoms with Crippen LogP contribution < -0.4 is 5.32 Å². The first-order valence-electron chi connectivity index (χ1n) is 7.37. The molecule has 20 heavy (non-hydrogen) atoms. The van der Waals surface area contributed by atoms with Crippen LogP contribution in [0.25, 0.3) is 11.0 Å². The standard InChI is InChI=1S/C16H23N3S/c1-16(2,3)15-18-13-7-6-11(9-14(13)19-15)17-12-5-4-8-20-10-12/h6-7,9,12,17H,4-5,8,10H2,1-3H3,(H,18,19). The van der Waals surface area contributed by atoms with Gasteiger partial charge in [0.25, 0.3) is 0 Å². The zero-order valence-corrected chi connectivity index (χ0v) is 13.3. The van der Waals surface area contributed by atoms with Crippen molar-refractivity contribution in [1.82, 2.24) is 9.97 Å². The Balaban J connectivity index is 1.82. The van der Waals surface area contributed by atoms with Crippen LogP contribution in [0.3, 0.4) is 0 Å². The number of imidazole rings is 1. The Labute approximate surface area is 124 Å². The number of H-pyrrole nitrogens is 1. The van der Waals surface area contributed by atoms with Crippen molar-refractivity contribution in [1.29, 1.82) is 0 Å². The van der Waals surface area contributed by atoms with Crippen LogP contribution >= 0.6 is 11.8 Å². The highest BCUT2D eigenvalue weighted by molar-refractivity contribution is 7.99. The molecule has 0 aliphatic carbocycles. The van der Waals surface area contributed by atoms with E-state index < -0.39 is 0 Å². The van der Waals surface area contributed by atoms with Gasteiger partial charge in [-0.05, 0) is 36.8 Å². The van der Waals surface area contributed by atoms with Crippen LogP contribution in [0.5, 0.6) is 0 Å². The molecular weight excluding hydrogens is 266 g/mol. The summed E-state index contributed by atoms with van der Waals surface area (Å²) in [6, 6.07) is 7.06. The molecule has 3 rings (SSSR count). The van der Waals surface area contributed by atoms with E-state index in [1.54, 1.807) is 0 Å². The summed E-state index contributed by atoms with van der Waals surface area (Å²) in [6.45, 7) is 6.55. The van der Waals surface area contributed by atoms with E-state index in [0.29, 0.717) is 6.04 Å². The Hall–Kier alpha value is -1.16. The second-order valence-corrected chi connectivity index (χ2v) is 7.78. The third-order valence-corrected chi connectivity index (χ3v) is 4.94. The summed E-state index contributed by atoms with van der Waals surface area (Å²) in [6.07, 6.45) is 2.60. The summed E-state index contributed by atoms with van der Waals surface area (Å²) in [5, 5.41) is 3.65. The molecule has 1 aliphatic heterocycles. The maximum atomic E-state index is 4.68. The van der Waals surface area contributed by atoms with E-state index in [0.717, 1.165) is 16.9 Å². The molecule has 2 heterocycles. The van der Waals surface area contributed by atoms with Crippen molar-refractivity contribution < 1.29 is 0 Å². The van der Waals surface area contributed by atoms with Crippen molar-refractivity contribution >= 4 is 28.5 Å². The smallest absolute Gasteiger partial charge is 0.112 e. The van der Waals surface area contributed by atoms with Crippen molar-refractivity contribution in [3.05, 3.63) is 24.0 Å². The topological polar surface area (TPSA) is 40.7 Å². The number of rotatable bonds is 2. The Morgan fingerprint density at radius 1 is 1.35 bits per heavy atom. The second kappa shape index (κ2) is 5.32. The van der Waals surface area contributed by atoms with Crippen LogP contribution in [0.15, 0.2) is 18.2 Å². The van der Waals surface area contributed by atoms with E-state index in [1.807, 2.05) is 0 Å². The molecule has 3 nitrogen and oxygen atoms in total. The summed E-state index contributed by atoms with van der Waals surface area (Å²) in [5.74, 6) is 3.58. The number of thioether (sulfide) groups is 1. The van der Waals surface area contributed by atoms with Crippen molar-refractivity contribution in [3.63, 3.8) is 0 Å². The molecule has 1 saturated heterocycles. The SMILES string of the molecule is CC(C)(C)c1nc2ccc(NC3CCCSC3)cc2[nH]1. The summed E-state index contributed by atoms with van der Waals surface area (Å²) in [5.41, 5.74) is 3.45. The van der Waals surface area contributed by atoms with Gasteiger partial charge in [-0.15, -0.1) is 0 Å². The van der Waals surface area contributed by atoms with Gasteiger partial charge < -0.3 is 10.3 Å². The predicted molar refractivity (Wildman–Crippen MR) is 88.8 cm³/mol. The fourth-order valence-electron chi connectivity index (χ4n) is 2.54. The Morgan fingerprint density at radius 2 is 2.20 bits per heavy atom. The van der Waals surface area contributed by atoms with Crippen LogP contribution in [0.1, 0.15) is 39.4 Å². The maximum Gasteiger partial charge on any atom is 0.112 e. The lowest BCUT2D eigenvalue weighted by Crippen LogP contribution is -2.25. The number of nitrogens with zero attached hydrogens (tertiary/aromatic N) is 1. The lowest BCUT2D eigenvalue weighted by atomic mass is 9.96. The molecular formula is C16H23N3S. The molecule has 1 fully saturated rings. The number of aromatic nitrogens is 2. The van der Waals surface area contributed by atoms with Gasteiger partial charge in [-0.1, -0.05) is 20.8 Å². The van der Waals surface area contributed by atoms with E-state index in [9.17, 15) is 0 Å². The van der Waals surface area contributed by atoms with Gasteiger partial charge in [0.15, 0.2) is 0 Å². The van der Waals surface area contributed by atoms with Crippen LogP contribution in [0.2, 0.25) is 0 Å². The normalized spacial score (nSPS) is 20.2. The molecule has 108 valence electrons. The van der Waals surface area contributed by atoms with Gasteiger partial charge >= 0.3 is 0 Å². The molecule has 0 radical (unpaired) electrons. The van der Waals surface area contributed by atoms with Crippen molar-refractivity contribution in [2.75, 3.05) is 16.8 Å². The molecule has 2 N–H and O–H groups in total. The van der Waals surface area contributed by atoms with Gasteiger partial charge in [0.2, 0.25) is 0 Å². The lowest BCUT2D eigenvalue weighted by molar-refractivity contribution is 0.554. The minimum absolute atomic E-state index is 0.0621. The number of fused-ring (bicyclic) bond motifs is 1. The molecule has 0 bridgehead atoms. The number of benzene rings is 1. The fraction of sp³-hybridized carbons (Fsp3) is 0.562. The van der Waals surface area contributed by atoms with Gasteiger partial charge in [0, 0.05) is 22.9 Å². The largest absolute Gasteiger partial charge is 0.381 e. The van der Waals surface area contributed by atoms with E-state index in [1.165, 1.54) is 30.0 Å². The fourth-order valence-corrected chi connectivity index (χ4v) is 3.62. The van der Waals surface area contributed by atoms with Gasteiger partial charge in [0.05, 0.1) is 11.0 Å². The van der Waals surface area contributed by atoms with E-state index >= 15 is 0 Å². The number of hydrogen-bond donors (Lipinski definition) is 2. The highest BCUT2D eigenvalue weighted by Gasteiger charge is 2.18. The average molecular weight is 289 g/mol. The third-order valence-electron chi connectivity index (χ3n) is 3.72. The first-order valence-corrected chi connectivity index (χ1v) is 8.52. The summed E-state index contributed by atoms with van der Waals surface area (Å²) in [7, 11) is 0. The number of nitrogens with one attached hydrogen (secondary N) is 2. The molecule has 1 aromatic carbocycles.